The van der Waals surface area contributed by atoms with Gasteiger partial charge in [0.05, 0.1) is 0 Å². The zero-order valence-electron chi connectivity index (χ0n) is 14.6. The number of amides is 2. The summed E-state index contributed by atoms with van der Waals surface area (Å²) in [6.07, 6.45) is 2.76. The fraction of sp³-hybridized carbons (Fsp3) is 0.250. The molecular weight excluding hydrogens is 364 g/mol. The van der Waals surface area contributed by atoms with Crippen LogP contribution in [0.5, 0.6) is 0 Å². The van der Waals surface area contributed by atoms with E-state index in [2.05, 4.69) is 15.5 Å². The van der Waals surface area contributed by atoms with Gasteiger partial charge in [-0.3, -0.25) is 0 Å². The highest BCUT2D eigenvalue weighted by Gasteiger charge is 2.32. The third-order valence-electron chi connectivity index (χ3n) is 4.62. The minimum atomic E-state index is -0.226. The van der Waals surface area contributed by atoms with Crippen molar-refractivity contribution >= 4 is 23.3 Å². The van der Waals surface area contributed by atoms with Crippen molar-refractivity contribution in [1.29, 1.82) is 0 Å². The van der Waals surface area contributed by atoms with E-state index < -0.39 is 0 Å². The van der Waals surface area contributed by atoms with E-state index in [-0.39, 0.29) is 12.1 Å². The van der Waals surface area contributed by atoms with Gasteiger partial charge in [0.2, 0.25) is 11.7 Å². The fourth-order valence-electron chi connectivity index (χ4n) is 3.23. The molecule has 2 aromatic carbocycles. The molecule has 0 radical (unpaired) electrons. The van der Waals surface area contributed by atoms with Crippen molar-refractivity contribution in [3.05, 3.63) is 65.5 Å². The first-order valence-corrected chi connectivity index (χ1v) is 9.31. The molecule has 4 rings (SSSR count). The van der Waals surface area contributed by atoms with Gasteiger partial charge in [0.15, 0.2) is 0 Å². The Morgan fingerprint density at radius 2 is 1.89 bits per heavy atom. The van der Waals surface area contributed by atoms with E-state index in [1.165, 1.54) is 0 Å². The van der Waals surface area contributed by atoms with Crippen LogP contribution in [0.1, 0.15) is 31.2 Å². The van der Waals surface area contributed by atoms with E-state index in [4.69, 9.17) is 16.1 Å². The molecule has 1 aliphatic heterocycles. The summed E-state index contributed by atoms with van der Waals surface area (Å²) in [6.45, 7) is 0.646. The third-order valence-corrected chi connectivity index (χ3v) is 4.87. The summed E-state index contributed by atoms with van der Waals surface area (Å²) in [5, 5.41) is 7.63. The summed E-state index contributed by atoms with van der Waals surface area (Å²) in [5.41, 5.74) is 1.59. The second-order valence-corrected chi connectivity index (χ2v) is 6.90. The molecule has 1 saturated heterocycles. The van der Waals surface area contributed by atoms with Crippen molar-refractivity contribution in [3.8, 4) is 11.4 Å². The van der Waals surface area contributed by atoms with Crippen molar-refractivity contribution in [2.24, 2.45) is 0 Å². The lowest BCUT2D eigenvalue weighted by atomic mass is 10.0. The third kappa shape index (κ3) is 3.95. The van der Waals surface area contributed by atoms with Gasteiger partial charge < -0.3 is 14.7 Å². The molecule has 0 saturated carbocycles. The molecule has 1 atom stereocenters. The molecule has 1 unspecified atom stereocenters. The smallest absolute Gasteiger partial charge is 0.322 e. The number of carbonyl (C=O) groups is 1. The van der Waals surface area contributed by atoms with E-state index in [1.807, 2.05) is 30.3 Å². The van der Waals surface area contributed by atoms with Gasteiger partial charge in [0.1, 0.15) is 6.04 Å². The average Bonchev–Trinajstić information content (AvgIpc) is 3.20. The van der Waals surface area contributed by atoms with Crippen LogP contribution in [-0.2, 0) is 0 Å². The molecule has 6 nitrogen and oxygen atoms in total. The molecular formula is C20H19ClN4O2. The van der Waals surface area contributed by atoms with Crippen molar-refractivity contribution in [2.75, 3.05) is 11.9 Å². The number of benzene rings is 2. The monoisotopic (exact) mass is 382 g/mol. The number of urea groups is 1. The van der Waals surface area contributed by atoms with E-state index in [0.717, 1.165) is 24.8 Å². The maximum Gasteiger partial charge on any atom is 0.322 e. The Bertz CT molecular complexity index is 911. The highest BCUT2D eigenvalue weighted by molar-refractivity contribution is 6.30. The van der Waals surface area contributed by atoms with Crippen LogP contribution in [0.2, 0.25) is 5.02 Å². The van der Waals surface area contributed by atoms with Crippen LogP contribution in [0, 0.1) is 0 Å². The maximum atomic E-state index is 12.8. The molecule has 2 heterocycles. The molecule has 0 aliphatic carbocycles. The molecule has 7 heteroatoms. The number of halogens is 1. The number of nitrogens with one attached hydrogen (secondary N) is 1. The maximum absolute atomic E-state index is 12.8. The number of aromatic nitrogens is 2. The number of likely N-dealkylation sites (tertiary alicyclic amines) is 1. The van der Waals surface area contributed by atoms with Gasteiger partial charge in [-0.25, -0.2) is 4.79 Å². The highest BCUT2D eigenvalue weighted by atomic mass is 35.5. The minimum absolute atomic E-state index is 0.179. The molecule has 2 amide bonds. The topological polar surface area (TPSA) is 71.3 Å². The molecule has 138 valence electrons. The molecule has 3 aromatic rings. The van der Waals surface area contributed by atoms with Gasteiger partial charge in [-0.15, -0.1) is 0 Å². The van der Waals surface area contributed by atoms with E-state index in [0.29, 0.717) is 29.0 Å². The second kappa shape index (κ2) is 7.80. The summed E-state index contributed by atoms with van der Waals surface area (Å²) < 4.78 is 5.50. The fourth-order valence-corrected chi connectivity index (χ4v) is 3.36. The molecule has 1 fully saturated rings. The Balaban J connectivity index is 1.53. The predicted molar refractivity (Wildman–Crippen MR) is 104 cm³/mol. The molecule has 0 bridgehead atoms. The Morgan fingerprint density at radius 1 is 1.11 bits per heavy atom. The first-order chi connectivity index (χ1) is 13.2. The van der Waals surface area contributed by atoms with Crippen LogP contribution >= 0.6 is 11.6 Å². The Labute approximate surface area is 162 Å². The molecule has 1 aliphatic rings. The quantitative estimate of drug-likeness (QED) is 0.680. The van der Waals surface area contributed by atoms with Crippen molar-refractivity contribution in [1.82, 2.24) is 15.0 Å². The summed E-state index contributed by atoms with van der Waals surface area (Å²) in [7, 11) is 0. The van der Waals surface area contributed by atoms with Gasteiger partial charge in [-0.1, -0.05) is 47.1 Å². The predicted octanol–water partition coefficient (Wildman–Crippen LogP) is 5.15. The lowest BCUT2D eigenvalue weighted by Gasteiger charge is -2.33. The molecule has 1 aromatic heterocycles. The lowest BCUT2D eigenvalue weighted by molar-refractivity contribution is 0.142. The number of carbonyl (C=O) groups excluding carboxylic acids is 1. The van der Waals surface area contributed by atoms with Gasteiger partial charge >= 0.3 is 6.03 Å². The van der Waals surface area contributed by atoms with Crippen molar-refractivity contribution < 1.29 is 9.32 Å². The first kappa shape index (κ1) is 17.5. The van der Waals surface area contributed by atoms with E-state index in [1.54, 1.807) is 29.2 Å². The van der Waals surface area contributed by atoms with Crippen LogP contribution in [0.25, 0.3) is 11.4 Å². The lowest BCUT2D eigenvalue weighted by Crippen LogP contribution is -2.41. The number of nitrogens with zero attached hydrogens (tertiary/aromatic N) is 3. The number of hydrogen-bond donors (Lipinski definition) is 1. The second-order valence-electron chi connectivity index (χ2n) is 6.46. The summed E-state index contributed by atoms with van der Waals surface area (Å²) in [4.78, 5) is 19.1. The van der Waals surface area contributed by atoms with Crippen LogP contribution in [0.3, 0.4) is 0 Å². The molecule has 27 heavy (non-hydrogen) atoms. The van der Waals surface area contributed by atoms with E-state index in [9.17, 15) is 4.79 Å². The summed E-state index contributed by atoms with van der Waals surface area (Å²) >= 11 is 5.90. The van der Waals surface area contributed by atoms with Crippen LogP contribution in [0.15, 0.2) is 59.1 Å². The van der Waals surface area contributed by atoms with Crippen LogP contribution in [-0.4, -0.2) is 27.6 Å². The van der Waals surface area contributed by atoms with Crippen molar-refractivity contribution in [2.45, 2.75) is 25.3 Å². The number of hydrogen-bond acceptors (Lipinski definition) is 4. The number of piperidine rings is 1. The number of rotatable bonds is 3. The van der Waals surface area contributed by atoms with Gasteiger partial charge in [-0.2, -0.15) is 4.98 Å². The largest absolute Gasteiger partial charge is 0.337 e. The van der Waals surface area contributed by atoms with Gasteiger partial charge in [0.25, 0.3) is 0 Å². The highest BCUT2D eigenvalue weighted by Crippen LogP contribution is 2.31. The molecule has 0 spiro atoms. The van der Waals surface area contributed by atoms with E-state index >= 15 is 0 Å². The van der Waals surface area contributed by atoms with Gasteiger partial charge in [-0.05, 0) is 43.5 Å². The average molecular weight is 383 g/mol. The van der Waals surface area contributed by atoms with Gasteiger partial charge in [0, 0.05) is 22.8 Å². The SMILES string of the molecule is O=C(Nc1ccc(Cl)cc1)N1CCCCC1c1nc(-c2ccccc2)no1. The summed E-state index contributed by atoms with van der Waals surface area (Å²) in [6, 6.07) is 16.3. The van der Waals surface area contributed by atoms with Crippen LogP contribution < -0.4 is 5.32 Å². The zero-order chi connectivity index (χ0) is 18.6. The van der Waals surface area contributed by atoms with Crippen LogP contribution in [0.4, 0.5) is 10.5 Å². The summed E-state index contributed by atoms with van der Waals surface area (Å²) in [5.74, 6) is 1.01. The zero-order valence-corrected chi connectivity index (χ0v) is 15.4. The first-order valence-electron chi connectivity index (χ1n) is 8.93. The minimum Gasteiger partial charge on any atom is -0.337 e. The number of anilines is 1. The Hall–Kier alpha value is -2.86. The standard InChI is InChI=1S/C20H19ClN4O2/c21-15-9-11-16(12-10-15)22-20(26)25-13-5-4-8-17(25)19-23-18(24-27-19)14-6-2-1-3-7-14/h1-3,6-7,9-12,17H,4-5,8,13H2,(H,22,26). The Morgan fingerprint density at radius 3 is 2.67 bits per heavy atom. The molecule has 1 N–H and O–H groups in total. The van der Waals surface area contributed by atoms with Crippen molar-refractivity contribution in [3.63, 3.8) is 0 Å². The Kier molecular flexibility index (Phi) is 5.07. The normalized spacial score (nSPS) is 16.9.